The fourth-order valence-corrected chi connectivity index (χ4v) is 3.24. The minimum Gasteiger partial charge on any atom is -0.354 e. The van der Waals surface area contributed by atoms with Crippen LogP contribution in [0.5, 0.6) is 0 Å². The van der Waals surface area contributed by atoms with E-state index in [0.717, 1.165) is 29.5 Å². The Morgan fingerprint density at radius 2 is 1.89 bits per heavy atom. The SMILES string of the molecule is CCCCNC(=O)[C@@H](C)N(Cc1cccc(Cl)c1)C(=O)Cc1ccccc1C. The predicted octanol–water partition coefficient (Wildman–Crippen LogP) is 4.52. The van der Waals surface area contributed by atoms with E-state index in [1.54, 1.807) is 17.9 Å². The van der Waals surface area contributed by atoms with Crippen molar-refractivity contribution >= 4 is 23.4 Å². The van der Waals surface area contributed by atoms with E-state index in [1.807, 2.05) is 49.4 Å². The molecule has 0 fully saturated rings. The average Bonchev–Trinajstić information content (AvgIpc) is 2.67. The summed E-state index contributed by atoms with van der Waals surface area (Å²) in [5, 5.41) is 3.55. The smallest absolute Gasteiger partial charge is 0.242 e. The third kappa shape index (κ3) is 6.38. The van der Waals surface area contributed by atoms with Gasteiger partial charge in [0.2, 0.25) is 11.8 Å². The van der Waals surface area contributed by atoms with Crippen LogP contribution in [0.1, 0.15) is 43.4 Å². The molecule has 2 rings (SSSR count). The van der Waals surface area contributed by atoms with Gasteiger partial charge in [0.1, 0.15) is 6.04 Å². The number of aryl methyl sites for hydroxylation is 1. The summed E-state index contributed by atoms with van der Waals surface area (Å²) < 4.78 is 0. The van der Waals surface area contributed by atoms with E-state index in [2.05, 4.69) is 12.2 Å². The van der Waals surface area contributed by atoms with E-state index in [9.17, 15) is 9.59 Å². The van der Waals surface area contributed by atoms with Crippen molar-refractivity contribution in [2.45, 2.75) is 52.6 Å². The number of hydrogen-bond acceptors (Lipinski definition) is 2. The van der Waals surface area contributed by atoms with Crippen molar-refractivity contribution in [3.8, 4) is 0 Å². The molecule has 1 N–H and O–H groups in total. The van der Waals surface area contributed by atoms with E-state index < -0.39 is 6.04 Å². The first-order chi connectivity index (χ1) is 13.4. The first-order valence-electron chi connectivity index (χ1n) is 9.78. The van der Waals surface area contributed by atoms with Crippen LogP contribution >= 0.6 is 11.6 Å². The molecule has 0 heterocycles. The Labute approximate surface area is 172 Å². The van der Waals surface area contributed by atoms with Crippen LogP contribution in [-0.2, 0) is 22.6 Å². The zero-order valence-electron chi connectivity index (χ0n) is 16.9. The number of halogens is 1. The summed E-state index contributed by atoms with van der Waals surface area (Å²) in [7, 11) is 0. The van der Waals surface area contributed by atoms with Gasteiger partial charge in [-0.25, -0.2) is 0 Å². The van der Waals surface area contributed by atoms with Gasteiger partial charge in [-0.1, -0.05) is 61.3 Å². The lowest BCUT2D eigenvalue weighted by Gasteiger charge is -2.29. The Bertz CT molecular complexity index is 807. The van der Waals surface area contributed by atoms with E-state index in [4.69, 9.17) is 11.6 Å². The van der Waals surface area contributed by atoms with Crippen molar-refractivity contribution < 1.29 is 9.59 Å². The summed E-state index contributed by atoms with van der Waals surface area (Å²) in [5.74, 6) is -0.207. The first kappa shape index (κ1) is 22.0. The lowest BCUT2D eigenvalue weighted by molar-refractivity contribution is -0.140. The molecule has 5 heteroatoms. The fraction of sp³-hybridized carbons (Fsp3) is 0.391. The Kier molecular flexibility index (Phi) is 8.52. The van der Waals surface area contributed by atoms with Crippen molar-refractivity contribution in [2.75, 3.05) is 6.54 Å². The number of hydrogen-bond donors (Lipinski definition) is 1. The molecule has 2 aromatic carbocycles. The molecule has 1 atom stereocenters. The number of carbonyl (C=O) groups excluding carboxylic acids is 2. The minimum atomic E-state index is -0.563. The van der Waals surface area contributed by atoms with Crippen LogP contribution in [0, 0.1) is 6.92 Å². The maximum atomic E-state index is 13.1. The molecule has 0 aliphatic rings. The Balaban J connectivity index is 2.20. The molecular formula is C23H29ClN2O2. The van der Waals surface area contributed by atoms with Gasteiger partial charge in [-0.2, -0.15) is 0 Å². The summed E-state index contributed by atoms with van der Waals surface area (Å²) in [6.07, 6.45) is 2.19. The second-order valence-electron chi connectivity index (χ2n) is 7.08. The Morgan fingerprint density at radius 3 is 2.57 bits per heavy atom. The van der Waals surface area contributed by atoms with Gasteiger partial charge in [0, 0.05) is 18.1 Å². The van der Waals surface area contributed by atoms with Crippen LogP contribution in [0.2, 0.25) is 5.02 Å². The monoisotopic (exact) mass is 400 g/mol. The molecule has 0 radical (unpaired) electrons. The van der Waals surface area contributed by atoms with Crippen LogP contribution in [0.15, 0.2) is 48.5 Å². The molecule has 0 spiro atoms. The number of unbranched alkanes of at least 4 members (excludes halogenated alkanes) is 1. The van der Waals surface area contributed by atoms with E-state index >= 15 is 0 Å². The van der Waals surface area contributed by atoms with Gasteiger partial charge < -0.3 is 10.2 Å². The molecule has 0 aromatic heterocycles. The van der Waals surface area contributed by atoms with Gasteiger partial charge in [-0.3, -0.25) is 9.59 Å². The van der Waals surface area contributed by atoms with Crippen LogP contribution in [0.3, 0.4) is 0 Å². The molecule has 4 nitrogen and oxygen atoms in total. The number of carbonyl (C=O) groups is 2. The third-order valence-corrected chi connectivity index (χ3v) is 5.08. The Hall–Kier alpha value is -2.33. The molecule has 0 bridgehead atoms. The van der Waals surface area contributed by atoms with Gasteiger partial charge in [0.05, 0.1) is 6.42 Å². The number of amides is 2. The molecule has 0 saturated carbocycles. The lowest BCUT2D eigenvalue weighted by atomic mass is 10.0. The summed E-state index contributed by atoms with van der Waals surface area (Å²) >= 11 is 6.10. The van der Waals surface area contributed by atoms with Crippen molar-refractivity contribution in [2.24, 2.45) is 0 Å². The van der Waals surface area contributed by atoms with Crippen LogP contribution < -0.4 is 5.32 Å². The highest BCUT2D eigenvalue weighted by Crippen LogP contribution is 2.17. The van der Waals surface area contributed by atoms with Crippen LogP contribution in [0.25, 0.3) is 0 Å². The summed E-state index contributed by atoms with van der Waals surface area (Å²) in [5.41, 5.74) is 2.94. The van der Waals surface area contributed by atoms with Crippen molar-refractivity contribution in [3.63, 3.8) is 0 Å². The maximum absolute atomic E-state index is 13.1. The number of rotatable bonds is 9. The second kappa shape index (κ2) is 10.9. The fourth-order valence-electron chi connectivity index (χ4n) is 3.02. The summed E-state index contributed by atoms with van der Waals surface area (Å²) in [4.78, 5) is 27.4. The molecule has 0 aliphatic carbocycles. The highest BCUT2D eigenvalue weighted by atomic mass is 35.5. The largest absolute Gasteiger partial charge is 0.354 e. The number of nitrogens with zero attached hydrogens (tertiary/aromatic N) is 1. The molecule has 2 amide bonds. The quantitative estimate of drug-likeness (QED) is 0.629. The van der Waals surface area contributed by atoms with E-state index in [0.29, 0.717) is 18.1 Å². The highest BCUT2D eigenvalue weighted by molar-refractivity contribution is 6.30. The standard InChI is InChI=1S/C23H29ClN2O2/c1-4-5-13-25-23(28)18(3)26(16-19-10-8-12-21(24)14-19)22(27)15-20-11-7-6-9-17(20)2/h6-12,14,18H,4-5,13,15-16H2,1-3H3,(H,25,28)/t18-/m1/s1. The van der Waals surface area contributed by atoms with Crippen molar-refractivity contribution in [1.29, 1.82) is 0 Å². The minimum absolute atomic E-state index is 0.0765. The predicted molar refractivity (Wildman–Crippen MR) is 114 cm³/mol. The normalized spacial score (nSPS) is 11.7. The van der Waals surface area contributed by atoms with Gasteiger partial charge in [0.15, 0.2) is 0 Å². The van der Waals surface area contributed by atoms with Crippen LogP contribution in [-0.4, -0.2) is 29.3 Å². The first-order valence-corrected chi connectivity index (χ1v) is 10.2. The molecule has 0 aliphatic heterocycles. The average molecular weight is 401 g/mol. The lowest BCUT2D eigenvalue weighted by Crippen LogP contribution is -2.48. The summed E-state index contributed by atoms with van der Waals surface area (Å²) in [6, 6.07) is 14.7. The molecule has 0 saturated heterocycles. The van der Waals surface area contributed by atoms with Gasteiger partial charge in [-0.15, -0.1) is 0 Å². The highest BCUT2D eigenvalue weighted by Gasteiger charge is 2.26. The Morgan fingerprint density at radius 1 is 1.14 bits per heavy atom. The van der Waals surface area contributed by atoms with Crippen molar-refractivity contribution in [3.05, 3.63) is 70.2 Å². The van der Waals surface area contributed by atoms with Gasteiger partial charge in [-0.05, 0) is 49.1 Å². The maximum Gasteiger partial charge on any atom is 0.242 e. The molecular weight excluding hydrogens is 372 g/mol. The summed E-state index contributed by atoms with van der Waals surface area (Å²) in [6.45, 7) is 6.81. The van der Waals surface area contributed by atoms with Crippen LogP contribution in [0.4, 0.5) is 0 Å². The third-order valence-electron chi connectivity index (χ3n) is 4.84. The van der Waals surface area contributed by atoms with E-state index in [-0.39, 0.29) is 18.2 Å². The zero-order chi connectivity index (χ0) is 20.5. The molecule has 150 valence electrons. The van der Waals surface area contributed by atoms with Gasteiger partial charge in [0.25, 0.3) is 0 Å². The van der Waals surface area contributed by atoms with E-state index in [1.165, 1.54) is 0 Å². The molecule has 28 heavy (non-hydrogen) atoms. The molecule has 2 aromatic rings. The van der Waals surface area contributed by atoms with Gasteiger partial charge >= 0.3 is 0 Å². The molecule has 0 unspecified atom stereocenters. The number of benzene rings is 2. The topological polar surface area (TPSA) is 49.4 Å². The second-order valence-corrected chi connectivity index (χ2v) is 7.51. The van der Waals surface area contributed by atoms with Crippen molar-refractivity contribution in [1.82, 2.24) is 10.2 Å². The zero-order valence-corrected chi connectivity index (χ0v) is 17.6. The number of nitrogens with one attached hydrogen (secondary N) is 1.